The number of halogens is 1. The molecule has 0 fully saturated rings. The van der Waals surface area contributed by atoms with Gasteiger partial charge >= 0.3 is 0 Å². The minimum atomic E-state index is -0.281. The van der Waals surface area contributed by atoms with E-state index in [2.05, 4.69) is 0 Å². The maximum absolute atomic E-state index is 12.8. The Morgan fingerprint density at radius 3 is 2.52 bits per heavy atom. The molecular weight excluding hydrogens is 269 g/mol. The molecule has 0 bridgehead atoms. The fourth-order valence-corrected chi connectivity index (χ4v) is 1.97. The van der Waals surface area contributed by atoms with Crippen LogP contribution in [0.1, 0.15) is 35.7 Å². The van der Waals surface area contributed by atoms with Crippen molar-refractivity contribution in [2.75, 3.05) is 5.73 Å². The summed E-state index contributed by atoms with van der Waals surface area (Å²) < 4.78 is 18.4. The first-order chi connectivity index (χ1) is 10.1. The molecule has 110 valence electrons. The molecule has 21 heavy (non-hydrogen) atoms. The van der Waals surface area contributed by atoms with Crippen LogP contribution in [0, 0.1) is 5.82 Å². The summed E-state index contributed by atoms with van der Waals surface area (Å²) >= 11 is 0. The molecule has 0 aromatic heterocycles. The molecule has 4 heteroatoms. The summed E-state index contributed by atoms with van der Waals surface area (Å²) in [5.41, 5.74) is 7.79. The molecule has 2 aromatic rings. The van der Waals surface area contributed by atoms with Crippen LogP contribution in [-0.4, -0.2) is 5.78 Å². The fourth-order valence-electron chi connectivity index (χ4n) is 1.97. The number of hydrogen-bond acceptors (Lipinski definition) is 3. The van der Waals surface area contributed by atoms with Crippen LogP contribution in [0.25, 0.3) is 0 Å². The predicted molar refractivity (Wildman–Crippen MR) is 80.8 cm³/mol. The van der Waals surface area contributed by atoms with E-state index in [1.54, 1.807) is 30.3 Å². The lowest BCUT2D eigenvalue weighted by Gasteiger charge is -2.10. The van der Waals surface area contributed by atoms with Crippen molar-refractivity contribution in [2.45, 2.75) is 26.4 Å². The Morgan fingerprint density at radius 2 is 1.90 bits per heavy atom. The average Bonchev–Trinajstić information content (AvgIpc) is 2.48. The lowest BCUT2D eigenvalue weighted by atomic mass is 10.1. The van der Waals surface area contributed by atoms with E-state index >= 15 is 0 Å². The van der Waals surface area contributed by atoms with Gasteiger partial charge in [0.05, 0.1) is 5.69 Å². The molecule has 0 aliphatic carbocycles. The lowest BCUT2D eigenvalue weighted by molar-refractivity contribution is 0.0981. The van der Waals surface area contributed by atoms with Crippen molar-refractivity contribution in [3.8, 4) is 5.75 Å². The summed E-state index contributed by atoms with van der Waals surface area (Å²) in [5, 5.41) is 0. The summed E-state index contributed by atoms with van der Waals surface area (Å²) in [4.78, 5) is 11.8. The van der Waals surface area contributed by atoms with E-state index in [4.69, 9.17) is 10.5 Å². The lowest BCUT2D eigenvalue weighted by Crippen LogP contribution is -2.02. The van der Waals surface area contributed by atoms with Crippen LogP contribution in [0.4, 0.5) is 10.1 Å². The topological polar surface area (TPSA) is 52.3 Å². The third kappa shape index (κ3) is 4.05. The first-order valence-electron chi connectivity index (χ1n) is 6.90. The van der Waals surface area contributed by atoms with Crippen molar-refractivity contribution in [3.63, 3.8) is 0 Å². The fraction of sp³-hybridized carbons (Fsp3) is 0.235. The van der Waals surface area contributed by atoms with E-state index in [0.29, 0.717) is 30.0 Å². The maximum atomic E-state index is 12.8. The van der Waals surface area contributed by atoms with Gasteiger partial charge in [-0.1, -0.05) is 19.1 Å². The van der Waals surface area contributed by atoms with Gasteiger partial charge in [0.1, 0.15) is 18.2 Å². The molecule has 0 heterocycles. The molecule has 0 amide bonds. The Balaban J connectivity index is 2.04. The maximum Gasteiger partial charge on any atom is 0.162 e. The Kier molecular flexibility index (Phi) is 4.93. The highest BCUT2D eigenvalue weighted by atomic mass is 19.1. The predicted octanol–water partition coefficient (Wildman–Crippen LogP) is 3.97. The van der Waals surface area contributed by atoms with Gasteiger partial charge in [-0.05, 0) is 42.3 Å². The molecule has 2 aromatic carbocycles. The van der Waals surface area contributed by atoms with E-state index in [-0.39, 0.29) is 11.6 Å². The van der Waals surface area contributed by atoms with E-state index in [1.807, 2.05) is 6.92 Å². The van der Waals surface area contributed by atoms with Gasteiger partial charge in [0.2, 0.25) is 0 Å². The third-order valence-electron chi connectivity index (χ3n) is 3.12. The number of hydrogen-bond donors (Lipinski definition) is 1. The highest BCUT2D eigenvalue weighted by molar-refractivity contribution is 5.97. The largest absolute Gasteiger partial charge is 0.487 e. The standard InChI is InChI=1S/C17H18FNO2/c1-2-3-16(20)13-6-9-17(15(19)10-13)21-11-12-4-7-14(18)8-5-12/h4-10H,2-3,11,19H2,1H3. The minimum absolute atomic E-state index is 0.0780. The highest BCUT2D eigenvalue weighted by Gasteiger charge is 2.08. The normalized spacial score (nSPS) is 10.4. The SMILES string of the molecule is CCCC(=O)c1ccc(OCc2ccc(F)cc2)c(N)c1. The number of ether oxygens (including phenoxy) is 1. The van der Waals surface area contributed by atoms with Crippen LogP contribution >= 0.6 is 0 Å². The molecule has 3 nitrogen and oxygen atoms in total. The molecule has 0 saturated carbocycles. The van der Waals surface area contributed by atoms with Crippen molar-refractivity contribution in [1.29, 1.82) is 0 Å². The zero-order valence-electron chi connectivity index (χ0n) is 11.9. The Labute approximate surface area is 123 Å². The Bertz CT molecular complexity index is 623. The summed E-state index contributed by atoms with van der Waals surface area (Å²) in [6, 6.07) is 11.1. The zero-order valence-corrected chi connectivity index (χ0v) is 11.9. The first-order valence-corrected chi connectivity index (χ1v) is 6.90. The number of carbonyl (C=O) groups excluding carboxylic acids is 1. The minimum Gasteiger partial charge on any atom is -0.487 e. The summed E-state index contributed by atoms with van der Waals surface area (Å²) in [6.45, 7) is 2.26. The van der Waals surface area contributed by atoms with E-state index in [9.17, 15) is 9.18 Å². The highest BCUT2D eigenvalue weighted by Crippen LogP contribution is 2.24. The van der Waals surface area contributed by atoms with Crippen molar-refractivity contribution >= 4 is 11.5 Å². The first kappa shape index (κ1) is 15.0. The molecule has 0 aliphatic heterocycles. The molecule has 0 atom stereocenters. The number of carbonyl (C=O) groups is 1. The second-order valence-electron chi connectivity index (χ2n) is 4.84. The number of nitrogens with two attached hydrogens (primary N) is 1. The van der Waals surface area contributed by atoms with Crippen LogP contribution in [0.3, 0.4) is 0 Å². The van der Waals surface area contributed by atoms with Crippen LogP contribution in [0.15, 0.2) is 42.5 Å². The summed E-state index contributed by atoms with van der Waals surface area (Å²) in [7, 11) is 0. The average molecular weight is 287 g/mol. The Morgan fingerprint density at radius 1 is 1.19 bits per heavy atom. The van der Waals surface area contributed by atoms with Gasteiger partial charge in [-0.25, -0.2) is 4.39 Å². The second-order valence-corrected chi connectivity index (χ2v) is 4.84. The Hall–Kier alpha value is -2.36. The molecule has 0 unspecified atom stereocenters. The van der Waals surface area contributed by atoms with Gasteiger partial charge in [-0.15, -0.1) is 0 Å². The number of benzene rings is 2. The molecule has 0 aliphatic rings. The van der Waals surface area contributed by atoms with Crippen molar-refractivity contribution in [2.24, 2.45) is 0 Å². The number of ketones is 1. The van der Waals surface area contributed by atoms with E-state index in [1.165, 1.54) is 12.1 Å². The number of Topliss-reactive ketones (excluding diaryl/α,β-unsaturated/α-hetero) is 1. The van der Waals surface area contributed by atoms with E-state index in [0.717, 1.165) is 12.0 Å². The number of rotatable bonds is 6. The number of nitrogen functional groups attached to an aromatic ring is 1. The molecular formula is C17H18FNO2. The smallest absolute Gasteiger partial charge is 0.162 e. The van der Waals surface area contributed by atoms with Gasteiger partial charge < -0.3 is 10.5 Å². The molecule has 2 rings (SSSR count). The monoisotopic (exact) mass is 287 g/mol. The van der Waals surface area contributed by atoms with E-state index < -0.39 is 0 Å². The molecule has 0 saturated heterocycles. The van der Waals surface area contributed by atoms with Crippen LogP contribution < -0.4 is 10.5 Å². The quantitative estimate of drug-likeness (QED) is 0.646. The van der Waals surface area contributed by atoms with Crippen molar-refractivity contribution < 1.29 is 13.9 Å². The third-order valence-corrected chi connectivity index (χ3v) is 3.12. The van der Waals surface area contributed by atoms with Gasteiger partial charge in [0.15, 0.2) is 5.78 Å². The van der Waals surface area contributed by atoms with Crippen LogP contribution in [0.2, 0.25) is 0 Å². The summed E-state index contributed by atoms with van der Waals surface area (Å²) in [5.74, 6) is 0.318. The van der Waals surface area contributed by atoms with Gasteiger partial charge in [-0.2, -0.15) is 0 Å². The molecule has 2 N–H and O–H groups in total. The second kappa shape index (κ2) is 6.88. The van der Waals surface area contributed by atoms with Gasteiger partial charge in [-0.3, -0.25) is 4.79 Å². The van der Waals surface area contributed by atoms with Crippen LogP contribution in [0.5, 0.6) is 5.75 Å². The zero-order chi connectivity index (χ0) is 15.2. The summed E-state index contributed by atoms with van der Waals surface area (Å²) in [6.07, 6.45) is 1.32. The molecule has 0 spiro atoms. The van der Waals surface area contributed by atoms with Crippen molar-refractivity contribution in [1.82, 2.24) is 0 Å². The van der Waals surface area contributed by atoms with Gasteiger partial charge in [0, 0.05) is 12.0 Å². The van der Waals surface area contributed by atoms with Crippen LogP contribution in [-0.2, 0) is 6.61 Å². The molecule has 0 radical (unpaired) electrons. The number of anilines is 1. The van der Waals surface area contributed by atoms with Crippen molar-refractivity contribution in [3.05, 3.63) is 59.4 Å². The van der Waals surface area contributed by atoms with Gasteiger partial charge in [0.25, 0.3) is 0 Å².